The lowest BCUT2D eigenvalue weighted by molar-refractivity contribution is -0.112. The minimum absolute atomic E-state index is 0.0645. The van der Waals surface area contributed by atoms with Gasteiger partial charge in [0, 0.05) is 16.1 Å². The first-order valence-corrected chi connectivity index (χ1v) is 10.2. The zero-order chi connectivity index (χ0) is 22.4. The lowest BCUT2D eigenvalue weighted by atomic mass is 10.0. The minimum Gasteiger partial charge on any atom is -0.321 e. The van der Waals surface area contributed by atoms with Crippen molar-refractivity contribution in [3.63, 3.8) is 0 Å². The third-order valence-electron chi connectivity index (χ3n) is 4.79. The van der Waals surface area contributed by atoms with E-state index < -0.39 is 5.91 Å². The van der Waals surface area contributed by atoms with E-state index in [1.54, 1.807) is 36.4 Å². The Morgan fingerprint density at radius 1 is 1.00 bits per heavy atom. The molecule has 3 aromatic rings. The second kappa shape index (κ2) is 9.88. The highest BCUT2D eigenvalue weighted by atomic mass is 35.5. The van der Waals surface area contributed by atoms with Crippen molar-refractivity contribution in [2.75, 3.05) is 5.32 Å². The predicted molar refractivity (Wildman–Crippen MR) is 124 cm³/mol. The SMILES string of the molecule is CC(C)c1ccc(/C=C(\C#N)C(=O)Nc2ccc(Cl)cc2C(=O)c2ccccc2)cc1. The average Bonchev–Trinajstić information content (AvgIpc) is 2.79. The Bertz CT molecular complexity index is 1170. The Labute approximate surface area is 186 Å². The van der Waals surface area contributed by atoms with E-state index in [1.807, 2.05) is 36.4 Å². The van der Waals surface area contributed by atoms with Crippen molar-refractivity contribution in [3.8, 4) is 6.07 Å². The molecule has 0 aliphatic carbocycles. The number of carbonyl (C=O) groups is 2. The highest BCUT2D eigenvalue weighted by Crippen LogP contribution is 2.24. The van der Waals surface area contributed by atoms with Gasteiger partial charge < -0.3 is 5.32 Å². The van der Waals surface area contributed by atoms with Gasteiger partial charge >= 0.3 is 0 Å². The summed E-state index contributed by atoms with van der Waals surface area (Å²) in [5.41, 5.74) is 2.87. The van der Waals surface area contributed by atoms with Crippen molar-refractivity contribution in [2.24, 2.45) is 0 Å². The molecule has 4 nitrogen and oxygen atoms in total. The molecule has 0 bridgehead atoms. The molecule has 0 radical (unpaired) electrons. The summed E-state index contributed by atoms with van der Waals surface area (Å²) in [7, 11) is 0. The number of rotatable bonds is 6. The molecule has 0 aliphatic heterocycles. The van der Waals surface area contributed by atoms with Gasteiger partial charge in [-0.05, 0) is 41.3 Å². The molecule has 0 aromatic heterocycles. The predicted octanol–water partition coefficient (Wildman–Crippen LogP) is 6.24. The quantitative estimate of drug-likeness (QED) is 0.287. The fourth-order valence-electron chi connectivity index (χ4n) is 3.04. The van der Waals surface area contributed by atoms with E-state index in [2.05, 4.69) is 19.2 Å². The molecule has 0 saturated heterocycles. The van der Waals surface area contributed by atoms with Gasteiger partial charge in [0.15, 0.2) is 5.78 Å². The monoisotopic (exact) mass is 428 g/mol. The third kappa shape index (κ3) is 5.48. The number of nitriles is 1. The van der Waals surface area contributed by atoms with Gasteiger partial charge in [-0.2, -0.15) is 5.26 Å². The van der Waals surface area contributed by atoms with Gasteiger partial charge in [0.2, 0.25) is 0 Å². The maximum Gasteiger partial charge on any atom is 0.266 e. The minimum atomic E-state index is -0.597. The summed E-state index contributed by atoms with van der Waals surface area (Å²) in [5, 5.41) is 12.6. The Balaban J connectivity index is 1.88. The van der Waals surface area contributed by atoms with Crippen LogP contribution >= 0.6 is 11.6 Å². The van der Waals surface area contributed by atoms with Gasteiger partial charge in [0.1, 0.15) is 11.6 Å². The highest BCUT2D eigenvalue weighted by molar-refractivity contribution is 6.31. The van der Waals surface area contributed by atoms with Gasteiger partial charge in [-0.25, -0.2) is 0 Å². The van der Waals surface area contributed by atoms with E-state index in [0.29, 0.717) is 22.2 Å². The molecule has 0 saturated carbocycles. The molecule has 154 valence electrons. The second-order valence-corrected chi connectivity index (χ2v) is 7.77. The number of nitrogens with zero attached hydrogens (tertiary/aromatic N) is 1. The Morgan fingerprint density at radius 3 is 2.29 bits per heavy atom. The van der Waals surface area contributed by atoms with Gasteiger partial charge in [-0.15, -0.1) is 0 Å². The molecule has 0 atom stereocenters. The molecule has 5 heteroatoms. The molecule has 0 aliphatic rings. The Morgan fingerprint density at radius 2 is 1.68 bits per heavy atom. The largest absolute Gasteiger partial charge is 0.321 e. The number of carbonyl (C=O) groups excluding carboxylic acids is 2. The lowest BCUT2D eigenvalue weighted by Gasteiger charge is -2.11. The van der Waals surface area contributed by atoms with Crippen LogP contribution in [0.1, 0.15) is 46.8 Å². The zero-order valence-corrected chi connectivity index (χ0v) is 18.0. The van der Waals surface area contributed by atoms with Gasteiger partial charge in [0.25, 0.3) is 5.91 Å². The summed E-state index contributed by atoms with van der Waals surface area (Å²) in [6.45, 7) is 4.19. The molecular weight excluding hydrogens is 408 g/mol. The van der Waals surface area contributed by atoms with Gasteiger partial charge in [-0.3, -0.25) is 9.59 Å². The summed E-state index contributed by atoms with van der Waals surface area (Å²) in [4.78, 5) is 25.7. The summed E-state index contributed by atoms with van der Waals surface area (Å²) in [5.74, 6) is -0.479. The first kappa shape index (κ1) is 22.0. The number of ketones is 1. The molecule has 0 heterocycles. The first-order valence-electron chi connectivity index (χ1n) is 9.81. The van der Waals surface area contributed by atoms with Crippen LogP contribution in [-0.4, -0.2) is 11.7 Å². The molecule has 0 unspecified atom stereocenters. The van der Waals surface area contributed by atoms with Crippen LogP contribution in [0.2, 0.25) is 5.02 Å². The number of nitrogens with one attached hydrogen (secondary N) is 1. The van der Waals surface area contributed by atoms with E-state index in [1.165, 1.54) is 17.7 Å². The van der Waals surface area contributed by atoms with Crippen molar-refractivity contribution in [1.82, 2.24) is 0 Å². The van der Waals surface area contributed by atoms with Crippen LogP contribution in [0.25, 0.3) is 6.08 Å². The topological polar surface area (TPSA) is 70.0 Å². The average molecular weight is 429 g/mol. The highest BCUT2D eigenvalue weighted by Gasteiger charge is 2.18. The van der Waals surface area contributed by atoms with E-state index in [-0.39, 0.29) is 16.9 Å². The summed E-state index contributed by atoms with van der Waals surface area (Å²) in [6.07, 6.45) is 1.52. The molecule has 1 amide bonds. The van der Waals surface area contributed by atoms with E-state index >= 15 is 0 Å². The number of hydrogen-bond acceptors (Lipinski definition) is 3. The van der Waals surface area contributed by atoms with Crippen molar-refractivity contribution in [1.29, 1.82) is 5.26 Å². The molecule has 3 aromatic carbocycles. The summed E-state index contributed by atoms with van der Waals surface area (Å²) >= 11 is 6.09. The van der Waals surface area contributed by atoms with Crippen molar-refractivity contribution in [2.45, 2.75) is 19.8 Å². The first-order chi connectivity index (χ1) is 14.9. The number of amides is 1. The van der Waals surface area contributed by atoms with E-state index in [0.717, 1.165) is 5.56 Å². The normalized spacial score (nSPS) is 11.1. The number of halogens is 1. The van der Waals surface area contributed by atoms with E-state index in [4.69, 9.17) is 11.6 Å². The number of hydrogen-bond donors (Lipinski definition) is 1. The summed E-state index contributed by atoms with van der Waals surface area (Å²) < 4.78 is 0. The molecule has 0 spiro atoms. The Hall–Kier alpha value is -3.68. The van der Waals surface area contributed by atoms with Gasteiger partial charge in [-0.1, -0.05) is 80.0 Å². The fraction of sp³-hybridized carbons (Fsp3) is 0.115. The standard InChI is InChI=1S/C26H21ClN2O2/c1-17(2)19-10-8-18(9-11-19)14-21(16-28)26(31)29-24-13-12-22(27)15-23(24)25(30)20-6-4-3-5-7-20/h3-15,17H,1-2H3,(H,29,31)/b21-14+. The van der Waals surface area contributed by atoms with Crippen LogP contribution in [0.15, 0.2) is 78.4 Å². The van der Waals surface area contributed by atoms with Crippen LogP contribution in [0, 0.1) is 11.3 Å². The zero-order valence-electron chi connectivity index (χ0n) is 17.2. The Kier molecular flexibility index (Phi) is 7.02. The number of benzene rings is 3. The molecule has 1 N–H and O–H groups in total. The lowest BCUT2D eigenvalue weighted by Crippen LogP contribution is -2.16. The molecule has 31 heavy (non-hydrogen) atoms. The summed E-state index contributed by atoms with van der Waals surface area (Å²) in [6, 6.07) is 23.0. The van der Waals surface area contributed by atoms with Crippen molar-refractivity contribution in [3.05, 3.63) is 106 Å². The van der Waals surface area contributed by atoms with Crippen molar-refractivity contribution < 1.29 is 9.59 Å². The van der Waals surface area contributed by atoms with Gasteiger partial charge in [0.05, 0.1) is 5.69 Å². The van der Waals surface area contributed by atoms with E-state index in [9.17, 15) is 14.9 Å². The number of anilines is 1. The smallest absolute Gasteiger partial charge is 0.266 e. The van der Waals surface area contributed by atoms with Crippen molar-refractivity contribution >= 4 is 35.1 Å². The van der Waals surface area contributed by atoms with Crippen LogP contribution in [-0.2, 0) is 4.79 Å². The maximum atomic E-state index is 12.9. The van der Waals surface area contributed by atoms with Crippen LogP contribution in [0.4, 0.5) is 5.69 Å². The third-order valence-corrected chi connectivity index (χ3v) is 5.02. The fourth-order valence-corrected chi connectivity index (χ4v) is 3.21. The van der Waals surface area contributed by atoms with Crippen LogP contribution in [0.3, 0.4) is 0 Å². The second-order valence-electron chi connectivity index (χ2n) is 7.33. The maximum absolute atomic E-state index is 12.9. The van der Waals surface area contributed by atoms with Crippen LogP contribution < -0.4 is 5.32 Å². The molecular formula is C26H21ClN2O2. The molecule has 3 rings (SSSR count). The van der Waals surface area contributed by atoms with Crippen LogP contribution in [0.5, 0.6) is 0 Å². The molecule has 0 fully saturated rings.